The molecule has 0 fully saturated rings. The first-order valence-corrected chi connectivity index (χ1v) is 5.72. The van der Waals surface area contributed by atoms with Crippen LogP contribution in [-0.4, -0.2) is 4.98 Å². The average molecular weight is 269 g/mol. The number of pyridine rings is 1. The molecule has 0 aliphatic rings. The first-order valence-electron chi connectivity index (χ1n) is 4.96. The molecule has 0 unspecified atom stereocenters. The SMILES string of the molecule is NCc1ccc(Oc2cc(Cl)cc(Cl)c2)nc1. The fraction of sp³-hybridized carbons (Fsp3) is 0.0833. The summed E-state index contributed by atoms with van der Waals surface area (Å²) in [6, 6.07) is 8.59. The minimum Gasteiger partial charge on any atom is -0.439 e. The fourth-order valence-electron chi connectivity index (χ4n) is 1.30. The third-order valence-electron chi connectivity index (χ3n) is 2.09. The summed E-state index contributed by atoms with van der Waals surface area (Å²) in [5.74, 6) is 1.02. The highest BCUT2D eigenvalue weighted by atomic mass is 35.5. The highest BCUT2D eigenvalue weighted by Crippen LogP contribution is 2.27. The molecule has 0 aliphatic carbocycles. The Morgan fingerprint density at radius 1 is 1.12 bits per heavy atom. The lowest BCUT2D eigenvalue weighted by Crippen LogP contribution is -1.97. The molecule has 0 radical (unpaired) electrons. The number of halogens is 2. The van der Waals surface area contributed by atoms with Gasteiger partial charge in [0, 0.05) is 28.9 Å². The summed E-state index contributed by atoms with van der Waals surface area (Å²) in [6.45, 7) is 0.455. The Morgan fingerprint density at radius 2 is 1.82 bits per heavy atom. The van der Waals surface area contributed by atoms with Crippen molar-refractivity contribution >= 4 is 23.2 Å². The molecule has 0 saturated heterocycles. The smallest absolute Gasteiger partial charge is 0.219 e. The zero-order chi connectivity index (χ0) is 12.3. The van der Waals surface area contributed by atoms with Gasteiger partial charge in [0.2, 0.25) is 5.88 Å². The summed E-state index contributed by atoms with van der Waals surface area (Å²) in [7, 11) is 0. The van der Waals surface area contributed by atoms with Crippen LogP contribution in [0.25, 0.3) is 0 Å². The molecule has 2 N–H and O–H groups in total. The van der Waals surface area contributed by atoms with Gasteiger partial charge in [-0.1, -0.05) is 29.3 Å². The van der Waals surface area contributed by atoms with Crippen molar-refractivity contribution in [1.29, 1.82) is 0 Å². The Bertz CT molecular complexity index is 494. The van der Waals surface area contributed by atoms with Gasteiger partial charge in [-0.15, -0.1) is 0 Å². The quantitative estimate of drug-likeness (QED) is 0.925. The third kappa shape index (κ3) is 3.33. The molecule has 2 aromatic rings. The van der Waals surface area contributed by atoms with Gasteiger partial charge in [-0.25, -0.2) is 4.98 Å². The van der Waals surface area contributed by atoms with E-state index in [2.05, 4.69) is 4.98 Å². The molecule has 1 aromatic carbocycles. The maximum absolute atomic E-state index is 5.86. The largest absolute Gasteiger partial charge is 0.439 e. The maximum Gasteiger partial charge on any atom is 0.219 e. The van der Waals surface area contributed by atoms with Crippen LogP contribution in [0, 0.1) is 0 Å². The Balaban J connectivity index is 2.19. The van der Waals surface area contributed by atoms with Crippen molar-refractivity contribution < 1.29 is 4.74 Å². The Morgan fingerprint density at radius 3 is 2.35 bits per heavy atom. The van der Waals surface area contributed by atoms with Gasteiger partial charge in [0.1, 0.15) is 5.75 Å². The summed E-state index contributed by atoms with van der Waals surface area (Å²) in [6.07, 6.45) is 1.67. The molecule has 1 heterocycles. The highest BCUT2D eigenvalue weighted by molar-refractivity contribution is 6.34. The molecule has 0 amide bonds. The summed E-state index contributed by atoms with van der Waals surface area (Å²) >= 11 is 11.7. The lowest BCUT2D eigenvalue weighted by Gasteiger charge is -2.06. The van der Waals surface area contributed by atoms with Crippen LogP contribution in [0.1, 0.15) is 5.56 Å². The van der Waals surface area contributed by atoms with Crippen LogP contribution in [-0.2, 0) is 6.54 Å². The van der Waals surface area contributed by atoms with E-state index in [1.807, 2.05) is 6.07 Å². The van der Waals surface area contributed by atoms with Gasteiger partial charge in [0.15, 0.2) is 0 Å². The van der Waals surface area contributed by atoms with Crippen LogP contribution in [0.5, 0.6) is 11.6 Å². The Hall–Kier alpha value is -1.29. The molecule has 2 rings (SSSR count). The predicted octanol–water partition coefficient (Wildman–Crippen LogP) is 3.64. The third-order valence-corrected chi connectivity index (χ3v) is 2.53. The van der Waals surface area contributed by atoms with Gasteiger partial charge in [-0.3, -0.25) is 0 Å². The number of benzene rings is 1. The number of nitrogens with two attached hydrogens (primary N) is 1. The summed E-state index contributed by atoms with van der Waals surface area (Å²) < 4.78 is 5.52. The zero-order valence-corrected chi connectivity index (χ0v) is 10.4. The first kappa shape index (κ1) is 12.2. The highest BCUT2D eigenvalue weighted by Gasteiger charge is 2.02. The molecular formula is C12H10Cl2N2O. The summed E-state index contributed by atoms with van der Waals surface area (Å²) in [5, 5.41) is 1.04. The van der Waals surface area contributed by atoms with Crippen LogP contribution in [0.4, 0.5) is 0 Å². The number of nitrogens with zero attached hydrogens (tertiary/aromatic N) is 1. The van der Waals surface area contributed by atoms with Gasteiger partial charge >= 0.3 is 0 Å². The first-order chi connectivity index (χ1) is 8.17. The molecule has 3 nitrogen and oxygen atoms in total. The molecule has 0 atom stereocenters. The van der Waals surface area contributed by atoms with Crippen LogP contribution >= 0.6 is 23.2 Å². The lowest BCUT2D eigenvalue weighted by molar-refractivity contribution is 0.462. The number of hydrogen-bond donors (Lipinski definition) is 1. The van der Waals surface area contributed by atoms with Crippen LogP contribution < -0.4 is 10.5 Å². The van der Waals surface area contributed by atoms with E-state index in [9.17, 15) is 0 Å². The van der Waals surface area contributed by atoms with Crippen molar-refractivity contribution in [2.45, 2.75) is 6.54 Å². The number of ether oxygens (including phenoxy) is 1. The van der Waals surface area contributed by atoms with Crippen molar-refractivity contribution in [1.82, 2.24) is 4.98 Å². The Kier molecular flexibility index (Phi) is 3.84. The molecule has 0 saturated carbocycles. The van der Waals surface area contributed by atoms with Crippen LogP contribution in [0.3, 0.4) is 0 Å². The number of aromatic nitrogens is 1. The van der Waals surface area contributed by atoms with Gasteiger partial charge in [0.05, 0.1) is 0 Å². The van der Waals surface area contributed by atoms with Crippen molar-refractivity contribution in [2.75, 3.05) is 0 Å². The summed E-state index contributed by atoms with van der Waals surface area (Å²) in [5.41, 5.74) is 6.42. The molecule has 17 heavy (non-hydrogen) atoms. The van der Waals surface area contributed by atoms with E-state index in [1.165, 1.54) is 0 Å². The summed E-state index contributed by atoms with van der Waals surface area (Å²) in [4.78, 5) is 4.12. The second-order valence-corrected chi connectivity index (χ2v) is 4.29. The van der Waals surface area contributed by atoms with E-state index >= 15 is 0 Å². The molecule has 88 valence electrons. The van der Waals surface area contributed by atoms with Gasteiger partial charge in [0.25, 0.3) is 0 Å². The monoisotopic (exact) mass is 268 g/mol. The van der Waals surface area contributed by atoms with E-state index in [0.717, 1.165) is 5.56 Å². The molecule has 1 aromatic heterocycles. The average Bonchev–Trinajstić information content (AvgIpc) is 2.28. The molecular weight excluding hydrogens is 259 g/mol. The van der Waals surface area contributed by atoms with Crippen molar-refractivity contribution in [3.63, 3.8) is 0 Å². The second-order valence-electron chi connectivity index (χ2n) is 3.42. The number of hydrogen-bond acceptors (Lipinski definition) is 3. The lowest BCUT2D eigenvalue weighted by atomic mass is 10.3. The van der Waals surface area contributed by atoms with E-state index in [-0.39, 0.29) is 0 Å². The van der Waals surface area contributed by atoms with E-state index in [1.54, 1.807) is 30.5 Å². The van der Waals surface area contributed by atoms with Crippen molar-refractivity contribution in [2.24, 2.45) is 5.73 Å². The minimum absolute atomic E-state index is 0.455. The van der Waals surface area contributed by atoms with Crippen molar-refractivity contribution in [3.8, 4) is 11.6 Å². The molecule has 0 aliphatic heterocycles. The van der Waals surface area contributed by atoms with E-state index in [0.29, 0.717) is 28.2 Å². The zero-order valence-electron chi connectivity index (χ0n) is 8.86. The fourth-order valence-corrected chi connectivity index (χ4v) is 1.81. The van der Waals surface area contributed by atoms with Gasteiger partial charge < -0.3 is 10.5 Å². The Labute approximate surface area is 109 Å². The molecule has 0 bridgehead atoms. The topological polar surface area (TPSA) is 48.1 Å². The maximum atomic E-state index is 5.86. The van der Waals surface area contributed by atoms with Crippen molar-refractivity contribution in [3.05, 3.63) is 52.1 Å². The van der Waals surface area contributed by atoms with E-state index < -0.39 is 0 Å². The predicted molar refractivity (Wildman–Crippen MR) is 68.7 cm³/mol. The van der Waals surface area contributed by atoms with E-state index in [4.69, 9.17) is 33.7 Å². The van der Waals surface area contributed by atoms with Gasteiger partial charge in [-0.05, 0) is 23.8 Å². The van der Waals surface area contributed by atoms with Gasteiger partial charge in [-0.2, -0.15) is 0 Å². The van der Waals surface area contributed by atoms with Crippen LogP contribution in [0.15, 0.2) is 36.5 Å². The second kappa shape index (κ2) is 5.36. The van der Waals surface area contributed by atoms with Crippen LogP contribution in [0.2, 0.25) is 10.0 Å². The minimum atomic E-state index is 0.455. The normalized spacial score (nSPS) is 10.3. The number of rotatable bonds is 3. The molecule has 5 heteroatoms. The standard InChI is InChI=1S/C12H10Cl2N2O/c13-9-3-10(14)5-11(4-9)17-12-2-1-8(6-15)7-16-12/h1-5,7H,6,15H2. The molecule has 0 spiro atoms.